The van der Waals surface area contributed by atoms with Gasteiger partial charge in [0, 0.05) is 13.0 Å². The Bertz CT molecular complexity index is 473. The van der Waals surface area contributed by atoms with Crippen LogP contribution in [0.4, 0.5) is 0 Å². The molecule has 6 nitrogen and oxygen atoms in total. The molecule has 2 rings (SSSR count). The van der Waals surface area contributed by atoms with Crippen LogP contribution in [-0.2, 0) is 13.0 Å². The molecular weight excluding hydrogens is 206 g/mol. The SMILES string of the molecule is CCn1nc(C)cc1-c1nc(CCN)no1. The van der Waals surface area contributed by atoms with Crippen molar-refractivity contribution < 1.29 is 4.52 Å². The van der Waals surface area contributed by atoms with E-state index < -0.39 is 0 Å². The highest BCUT2D eigenvalue weighted by molar-refractivity contribution is 5.47. The minimum Gasteiger partial charge on any atom is -0.332 e. The van der Waals surface area contributed by atoms with Gasteiger partial charge in [0.1, 0.15) is 5.69 Å². The van der Waals surface area contributed by atoms with Gasteiger partial charge < -0.3 is 10.3 Å². The van der Waals surface area contributed by atoms with Crippen LogP contribution in [0, 0.1) is 6.92 Å². The summed E-state index contributed by atoms with van der Waals surface area (Å²) in [6.07, 6.45) is 0.628. The fourth-order valence-corrected chi connectivity index (χ4v) is 1.55. The monoisotopic (exact) mass is 221 g/mol. The Labute approximate surface area is 93.4 Å². The maximum atomic E-state index is 5.43. The molecule has 6 heteroatoms. The third-order valence-electron chi connectivity index (χ3n) is 2.26. The van der Waals surface area contributed by atoms with Crippen LogP contribution in [0.5, 0.6) is 0 Å². The van der Waals surface area contributed by atoms with Crippen molar-refractivity contribution >= 4 is 0 Å². The lowest BCUT2D eigenvalue weighted by Crippen LogP contribution is -2.04. The molecule has 0 saturated carbocycles. The predicted octanol–water partition coefficient (Wildman–Crippen LogP) is 0.763. The van der Waals surface area contributed by atoms with Crippen LogP contribution < -0.4 is 5.73 Å². The van der Waals surface area contributed by atoms with E-state index in [0.29, 0.717) is 24.7 Å². The van der Waals surface area contributed by atoms with E-state index >= 15 is 0 Å². The highest BCUT2D eigenvalue weighted by atomic mass is 16.5. The first-order valence-corrected chi connectivity index (χ1v) is 5.32. The maximum absolute atomic E-state index is 5.43. The third kappa shape index (κ3) is 1.96. The summed E-state index contributed by atoms with van der Waals surface area (Å²) >= 11 is 0. The van der Waals surface area contributed by atoms with Gasteiger partial charge in [0.05, 0.1) is 5.69 Å². The second kappa shape index (κ2) is 4.44. The van der Waals surface area contributed by atoms with E-state index in [1.165, 1.54) is 0 Å². The lowest BCUT2D eigenvalue weighted by atomic mass is 10.3. The van der Waals surface area contributed by atoms with Crippen molar-refractivity contribution in [2.24, 2.45) is 5.73 Å². The summed E-state index contributed by atoms with van der Waals surface area (Å²) < 4.78 is 7.02. The van der Waals surface area contributed by atoms with Gasteiger partial charge in [0.2, 0.25) is 0 Å². The van der Waals surface area contributed by atoms with Crippen molar-refractivity contribution in [2.45, 2.75) is 26.8 Å². The molecule has 86 valence electrons. The minimum absolute atomic E-state index is 0.505. The lowest BCUT2D eigenvalue weighted by Gasteiger charge is -1.97. The number of hydrogen-bond acceptors (Lipinski definition) is 5. The first-order valence-electron chi connectivity index (χ1n) is 5.32. The molecule has 0 aliphatic heterocycles. The smallest absolute Gasteiger partial charge is 0.276 e. The summed E-state index contributed by atoms with van der Waals surface area (Å²) in [4.78, 5) is 4.27. The molecule has 0 unspecified atom stereocenters. The standard InChI is InChI=1S/C10H15N5O/c1-3-15-8(6-7(2)13-15)10-12-9(4-5-11)14-16-10/h6H,3-5,11H2,1-2H3. The van der Waals surface area contributed by atoms with Crippen molar-refractivity contribution in [3.8, 4) is 11.6 Å². The molecule has 2 N–H and O–H groups in total. The molecule has 0 fully saturated rings. The van der Waals surface area contributed by atoms with Gasteiger partial charge in [-0.15, -0.1) is 0 Å². The van der Waals surface area contributed by atoms with Crippen LogP contribution in [0.1, 0.15) is 18.4 Å². The molecule has 2 heterocycles. The van der Waals surface area contributed by atoms with Crippen molar-refractivity contribution in [1.82, 2.24) is 19.9 Å². The van der Waals surface area contributed by atoms with Crippen molar-refractivity contribution in [2.75, 3.05) is 6.54 Å². The number of aryl methyl sites for hydroxylation is 2. The van der Waals surface area contributed by atoms with E-state index in [0.717, 1.165) is 17.9 Å². The quantitative estimate of drug-likeness (QED) is 0.824. The van der Waals surface area contributed by atoms with Crippen LogP contribution in [0.15, 0.2) is 10.6 Å². The Hall–Kier alpha value is -1.69. The second-order valence-corrected chi connectivity index (χ2v) is 3.54. The topological polar surface area (TPSA) is 82.8 Å². The van der Waals surface area contributed by atoms with E-state index in [1.54, 1.807) is 0 Å². The zero-order valence-corrected chi connectivity index (χ0v) is 9.47. The Balaban J connectivity index is 2.34. The van der Waals surface area contributed by atoms with Crippen molar-refractivity contribution in [3.05, 3.63) is 17.6 Å². The Morgan fingerprint density at radius 3 is 3.00 bits per heavy atom. The molecular formula is C10H15N5O. The Kier molecular flexibility index (Phi) is 3.00. The minimum atomic E-state index is 0.505. The van der Waals surface area contributed by atoms with E-state index in [1.807, 2.05) is 24.6 Å². The third-order valence-corrected chi connectivity index (χ3v) is 2.26. The van der Waals surface area contributed by atoms with E-state index in [9.17, 15) is 0 Å². The van der Waals surface area contributed by atoms with Gasteiger partial charge in [-0.1, -0.05) is 5.16 Å². The molecule has 2 aromatic heterocycles. The summed E-state index contributed by atoms with van der Waals surface area (Å²) in [5.41, 5.74) is 7.23. The second-order valence-electron chi connectivity index (χ2n) is 3.54. The van der Waals surface area contributed by atoms with Crippen LogP contribution in [0.2, 0.25) is 0 Å². The first kappa shape index (κ1) is 10.8. The van der Waals surface area contributed by atoms with Gasteiger partial charge >= 0.3 is 0 Å². The van der Waals surface area contributed by atoms with Gasteiger partial charge in [0.25, 0.3) is 5.89 Å². The molecule has 0 aliphatic carbocycles. The van der Waals surface area contributed by atoms with Crippen LogP contribution >= 0.6 is 0 Å². The lowest BCUT2D eigenvalue weighted by molar-refractivity contribution is 0.418. The average Bonchev–Trinajstić information content (AvgIpc) is 2.85. The zero-order valence-electron chi connectivity index (χ0n) is 9.47. The summed E-state index contributed by atoms with van der Waals surface area (Å²) in [6, 6.07) is 1.93. The van der Waals surface area contributed by atoms with E-state index in [2.05, 4.69) is 15.2 Å². The molecule has 0 saturated heterocycles. The van der Waals surface area contributed by atoms with Crippen LogP contribution in [0.3, 0.4) is 0 Å². The first-order chi connectivity index (χ1) is 7.74. The van der Waals surface area contributed by atoms with Gasteiger partial charge in [-0.25, -0.2) is 0 Å². The molecule has 0 atom stereocenters. The highest BCUT2D eigenvalue weighted by Crippen LogP contribution is 2.18. The van der Waals surface area contributed by atoms with Gasteiger partial charge in [-0.3, -0.25) is 4.68 Å². The molecule has 0 aliphatic rings. The number of hydrogen-bond donors (Lipinski definition) is 1. The Morgan fingerprint density at radius 1 is 1.50 bits per heavy atom. The molecule has 0 bridgehead atoms. The fraction of sp³-hybridized carbons (Fsp3) is 0.500. The van der Waals surface area contributed by atoms with E-state index in [4.69, 9.17) is 10.3 Å². The molecule has 0 radical (unpaired) electrons. The zero-order chi connectivity index (χ0) is 11.5. The van der Waals surface area contributed by atoms with Gasteiger partial charge in [-0.2, -0.15) is 10.1 Å². The number of aromatic nitrogens is 4. The highest BCUT2D eigenvalue weighted by Gasteiger charge is 2.13. The predicted molar refractivity (Wildman–Crippen MR) is 58.7 cm³/mol. The molecule has 2 aromatic rings. The summed E-state index contributed by atoms with van der Waals surface area (Å²) in [5, 5.41) is 8.18. The van der Waals surface area contributed by atoms with Gasteiger partial charge in [-0.05, 0) is 26.5 Å². The van der Waals surface area contributed by atoms with E-state index in [-0.39, 0.29) is 0 Å². The fourth-order valence-electron chi connectivity index (χ4n) is 1.55. The molecule has 0 amide bonds. The van der Waals surface area contributed by atoms with Crippen LogP contribution in [0.25, 0.3) is 11.6 Å². The summed E-state index contributed by atoms with van der Waals surface area (Å²) in [7, 11) is 0. The molecule has 0 aromatic carbocycles. The van der Waals surface area contributed by atoms with Crippen LogP contribution in [-0.4, -0.2) is 26.5 Å². The number of rotatable bonds is 4. The normalized spacial score (nSPS) is 10.9. The summed E-state index contributed by atoms with van der Waals surface area (Å²) in [5.74, 6) is 1.14. The summed E-state index contributed by atoms with van der Waals surface area (Å²) in [6.45, 7) is 5.25. The average molecular weight is 221 g/mol. The molecule has 0 spiro atoms. The van der Waals surface area contributed by atoms with Crippen molar-refractivity contribution in [3.63, 3.8) is 0 Å². The molecule has 16 heavy (non-hydrogen) atoms. The number of nitrogens with zero attached hydrogens (tertiary/aromatic N) is 4. The Morgan fingerprint density at radius 2 is 2.31 bits per heavy atom. The van der Waals surface area contributed by atoms with Crippen molar-refractivity contribution in [1.29, 1.82) is 0 Å². The van der Waals surface area contributed by atoms with Gasteiger partial charge in [0.15, 0.2) is 5.82 Å². The number of nitrogens with two attached hydrogens (primary N) is 1. The maximum Gasteiger partial charge on any atom is 0.276 e. The largest absolute Gasteiger partial charge is 0.332 e.